The van der Waals surface area contributed by atoms with Gasteiger partial charge in [-0.05, 0) is 25.0 Å². The van der Waals surface area contributed by atoms with E-state index in [-0.39, 0.29) is 17.1 Å². The number of thiol groups is 1. The predicted molar refractivity (Wildman–Crippen MR) is 79.0 cm³/mol. The first kappa shape index (κ1) is 16.2. The molecule has 1 radical (unpaired) electrons. The maximum absolute atomic E-state index is 4.41. The van der Waals surface area contributed by atoms with Crippen molar-refractivity contribution in [1.29, 1.82) is 0 Å². The number of likely N-dealkylation sites (tertiary alicyclic amines) is 1. The molecule has 2 rings (SSSR count). The molecular formula is C13H18CuN4S+2. The number of pyridine rings is 1. The van der Waals surface area contributed by atoms with Crippen molar-refractivity contribution in [3.05, 3.63) is 35.5 Å². The summed E-state index contributed by atoms with van der Waals surface area (Å²) in [6.45, 7) is 2.06. The molecule has 19 heavy (non-hydrogen) atoms. The summed E-state index contributed by atoms with van der Waals surface area (Å²) in [5.74, 6) is 0. The van der Waals surface area contributed by atoms with Crippen LogP contribution in [0.1, 0.15) is 31.4 Å². The molecule has 1 aliphatic heterocycles. The van der Waals surface area contributed by atoms with Gasteiger partial charge >= 0.3 is 17.1 Å². The summed E-state index contributed by atoms with van der Waals surface area (Å²) in [7, 11) is 0. The van der Waals surface area contributed by atoms with E-state index >= 15 is 0 Å². The fraction of sp³-hybridized carbons (Fsp3) is 0.462. The number of rotatable bonds is 2. The molecule has 1 saturated heterocycles. The van der Waals surface area contributed by atoms with Gasteiger partial charge in [-0.25, -0.2) is 4.90 Å². The summed E-state index contributed by atoms with van der Waals surface area (Å²) in [5.41, 5.74) is 4.92. The van der Waals surface area contributed by atoms with E-state index in [9.17, 15) is 0 Å². The van der Waals surface area contributed by atoms with Crippen LogP contribution >= 0.6 is 0 Å². The first-order valence-corrected chi connectivity index (χ1v) is 6.77. The van der Waals surface area contributed by atoms with Gasteiger partial charge in [0.1, 0.15) is 0 Å². The van der Waals surface area contributed by atoms with Gasteiger partial charge in [0.2, 0.25) is 0 Å². The zero-order chi connectivity index (χ0) is 12.6. The van der Waals surface area contributed by atoms with Crippen LogP contribution < -0.4 is 0 Å². The van der Waals surface area contributed by atoms with Gasteiger partial charge in [-0.3, -0.25) is 4.98 Å². The number of hydrogen-bond donors (Lipinski definition) is 0. The summed E-state index contributed by atoms with van der Waals surface area (Å²) in [5, 5.41) is 4.73. The van der Waals surface area contributed by atoms with E-state index in [0.29, 0.717) is 5.11 Å². The van der Waals surface area contributed by atoms with Crippen LogP contribution in [0.2, 0.25) is 0 Å². The average Bonchev–Trinajstić information content (AvgIpc) is 2.69. The van der Waals surface area contributed by atoms with Crippen LogP contribution in [0, 0.1) is 0 Å². The number of hydrogen-bond acceptors (Lipinski definition) is 2. The Kier molecular flexibility index (Phi) is 7.82. The van der Waals surface area contributed by atoms with Crippen LogP contribution in [0.3, 0.4) is 0 Å². The summed E-state index contributed by atoms with van der Waals surface area (Å²) in [6.07, 6.45) is 8.41. The van der Waals surface area contributed by atoms with E-state index < -0.39 is 0 Å². The van der Waals surface area contributed by atoms with Gasteiger partial charge in [0.15, 0.2) is 17.3 Å². The monoisotopic (exact) mass is 325 g/mol. The van der Waals surface area contributed by atoms with Crippen molar-refractivity contribution >= 4 is 23.5 Å². The Balaban J connectivity index is 0.00000180. The van der Waals surface area contributed by atoms with Gasteiger partial charge in [-0.15, -0.1) is 0 Å². The summed E-state index contributed by atoms with van der Waals surface area (Å²) < 4.78 is 0. The van der Waals surface area contributed by atoms with E-state index in [0.717, 1.165) is 18.8 Å². The molecule has 0 unspecified atom stereocenters. The van der Waals surface area contributed by atoms with Gasteiger partial charge in [0.05, 0.1) is 5.69 Å². The third-order valence-electron chi connectivity index (χ3n) is 2.91. The van der Waals surface area contributed by atoms with Gasteiger partial charge in [-0.2, -0.15) is 0 Å². The Morgan fingerprint density at radius 1 is 1.26 bits per heavy atom. The minimum absolute atomic E-state index is 0. The van der Waals surface area contributed by atoms with Crippen molar-refractivity contribution in [3.63, 3.8) is 0 Å². The fourth-order valence-electron chi connectivity index (χ4n) is 1.93. The van der Waals surface area contributed by atoms with Gasteiger partial charge in [0.25, 0.3) is 0 Å². The van der Waals surface area contributed by atoms with E-state index in [4.69, 9.17) is 0 Å². The molecule has 1 aliphatic rings. The Morgan fingerprint density at radius 2 is 2.00 bits per heavy atom. The molecular weight excluding hydrogens is 308 g/mol. The normalized spacial score (nSPS) is 16.6. The van der Waals surface area contributed by atoms with Crippen molar-refractivity contribution in [2.75, 3.05) is 13.1 Å². The van der Waals surface area contributed by atoms with Crippen LogP contribution in [-0.2, 0) is 29.3 Å². The largest absolute Gasteiger partial charge is 2.00 e. The number of nitrogens with zero attached hydrogens (tertiary/aromatic N) is 4. The molecule has 0 atom stereocenters. The van der Waals surface area contributed by atoms with E-state index in [1.807, 2.05) is 18.2 Å². The molecule has 0 saturated carbocycles. The third kappa shape index (κ3) is 5.78. The molecule has 105 valence electrons. The second kappa shape index (κ2) is 9.15. The minimum Gasteiger partial charge on any atom is -0.515 e. The molecule has 6 heteroatoms. The average molecular weight is 326 g/mol. The van der Waals surface area contributed by atoms with Crippen molar-refractivity contribution in [3.8, 4) is 0 Å². The number of aromatic nitrogens is 1. The molecule has 4 nitrogen and oxygen atoms in total. The zero-order valence-electron chi connectivity index (χ0n) is 10.7. The molecule has 0 amide bonds. The molecule has 0 N–H and O–H groups in total. The van der Waals surface area contributed by atoms with Crippen molar-refractivity contribution < 1.29 is 17.1 Å². The van der Waals surface area contributed by atoms with Gasteiger partial charge in [-0.1, -0.05) is 18.9 Å². The molecule has 1 aromatic heterocycles. The fourth-order valence-corrected chi connectivity index (χ4v) is 2.18. The molecule has 0 spiro atoms. The molecule has 1 aromatic rings. The van der Waals surface area contributed by atoms with Crippen molar-refractivity contribution in [2.24, 2.45) is 5.10 Å². The third-order valence-corrected chi connectivity index (χ3v) is 3.29. The van der Waals surface area contributed by atoms with E-state index in [1.54, 1.807) is 12.4 Å². The van der Waals surface area contributed by atoms with E-state index in [2.05, 4.69) is 32.6 Å². The quantitative estimate of drug-likeness (QED) is 0.208. The predicted octanol–water partition coefficient (Wildman–Crippen LogP) is 2.03. The molecule has 0 aromatic carbocycles. The smallest absolute Gasteiger partial charge is 0.515 e. The molecule has 0 aliphatic carbocycles. The second-order valence-electron chi connectivity index (χ2n) is 4.30. The van der Waals surface area contributed by atoms with Crippen LogP contribution in [0.5, 0.6) is 0 Å². The van der Waals surface area contributed by atoms with E-state index in [1.165, 1.54) is 25.7 Å². The van der Waals surface area contributed by atoms with Crippen LogP contribution in [0.4, 0.5) is 0 Å². The Bertz CT molecular complexity index is 402. The van der Waals surface area contributed by atoms with Crippen LogP contribution in [-0.4, -0.2) is 34.3 Å². The van der Waals surface area contributed by atoms with Gasteiger partial charge < -0.3 is 10.5 Å². The second-order valence-corrected chi connectivity index (χ2v) is 4.70. The maximum Gasteiger partial charge on any atom is 2.00 e. The van der Waals surface area contributed by atoms with Crippen LogP contribution in [0.25, 0.3) is 5.43 Å². The SMILES string of the molecule is [Cu+2].[SH+]=C([N-]N=Cc1ccccn1)N1CCCCCC1. The zero-order valence-corrected chi connectivity index (χ0v) is 12.5. The van der Waals surface area contributed by atoms with Crippen LogP contribution in [0.15, 0.2) is 29.5 Å². The van der Waals surface area contributed by atoms with Crippen molar-refractivity contribution in [1.82, 2.24) is 9.88 Å². The standard InChI is InChI=1S/C13H18N4S.Cu/c18-13(17-9-5-1-2-6-10-17)16-15-11-12-7-3-4-8-14-12;/h3-4,7-8,11H,1-2,5-6,9-10H2,(H,14,16,18);/q;+2. The minimum atomic E-state index is 0. The topological polar surface area (TPSA) is 42.6 Å². The Hall–Kier alpha value is -0.811. The first-order valence-electron chi connectivity index (χ1n) is 6.32. The summed E-state index contributed by atoms with van der Waals surface area (Å²) in [6, 6.07) is 5.69. The summed E-state index contributed by atoms with van der Waals surface area (Å²) >= 11 is 4.41. The van der Waals surface area contributed by atoms with Crippen molar-refractivity contribution in [2.45, 2.75) is 25.7 Å². The molecule has 2 heterocycles. The Labute approximate surface area is 130 Å². The molecule has 0 bridgehead atoms. The summed E-state index contributed by atoms with van der Waals surface area (Å²) in [4.78, 5) is 6.33. The maximum atomic E-state index is 4.41. The first-order chi connectivity index (χ1) is 8.86. The Morgan fingerprint density at radius 3 is 2.63 bits per heavy atom. The van der Waals surface area contributed by atoms with Gasteiger partial charge in [0, 0.05) is 25.5 Å². The molecule has 1 fully saturated rings.